The van der Waals surface area contributed by atoms with E-state index < -0.39 is 6.03 Å². The summed E-state index contributed by atoms with van der Waals surface area (Å²) in [6.07, 6.45) is 0. The number of benzene rings is 2. The predicted molar refractivity (Wildman–Crippen MR) is 104 cm³/mol. The molecule has 0 saturated carbocycles. The first-order chi connectivity index (χ1) is 12.5. The summed E-state index contributed by atoms with van der Waals surface area (Å²) in [6.45, 7) is 1.87. The molecule has 26 heavy (non-hydrogen) atoms. The van der Waals surface area contributed by atoms with Gasteiger partial charge in [-0.05, 0) is 37.3 Å². The molecule has 0 saturated heterocycles. The molecular formula is C19H18ClN3O3. The number of amides is 2. The van der Waals surface area contributed by atoms with Crippen molar-refractivity contribution in [2.24, 2.45) is 0 Å². The normalized spacial score (nSPS) is 10.5. The minimum Gasteiger partial charge on any atom is -0.497 e. The second kappa shape index (κ2) is 7.49. The van der Waals surface area contributed by atoms with Crippen LogP contribution in [0.1, 0.15) is 5.69 Å². The summed E-state index contributed by atoms with van der Waals surface area (Å²) in [5, 5.41) is 6.96. The van der Waals surface area contributed by atoms with E-state index in [1.807, 2.05) is 31.2 Å². The Morgan fingerprint density at radius 1 is 1.00 bits per heavy atom. The van der Waals surface area contributed by atoms with Gasteiger partial charge in [0.05, 0.1) is 31.1 Å². The first kappa shape index (κ1) is 17.8. The van der Waals surface area contributed by atoms with Crippen molar-refractivity contribution in [1.82, 2.24) is 4.98 Å². The monoisotopic (exact) mass is 371 g/mol. The Bertz CT molecular complexity index is 976. The van der Waals surface area contributed by atoms with Crippen molar-refractivity contribution in [3.8, 4) is 11.5 Å². The Morgan fingerprint density at radius 2 is 1.77 bits per heavy atom. The number of halogens is 1. The number of carbonyl (C=O) groups is 1. The van der Waals surface area contributed by atoms with Gasteiger partial charge in [0.1, 0.15) is 11.5 Å². The SMILES string of the molecule is COc1ccc2c(NC(=O)Nc3ccc(Cl)cc3OC)cc(C)nc2c1. The molecule has 134 valence electrons. The number of methoxy groups -OCH3 is 2. The average Bonchev–Trinajstić information content (AvgIpc) is 2.62. The first-order valence-electron chi connectivity index (χ1n) is 7.87. The summed E-state index contributed by atoms with van der Waals surface area (Å²) >= 11 is 5.94. The molecule has 6 nitrogen and oxygen atoms in total. The van der Waals surface area contributed by atoms with Crippen molar-refractivity contribution >= 4 is 39.9 Å². The highest BCUT2D eigenvalue weighted by Crippen LogP contribution is 2.29. The molecule has 0 unspecified atom stereocenters. The zero-order valence-corrected chi connectivity index (χ0v) is 15.3. The molecule has 2 amide bonds. The number of ether oxygens (including phenoxy) is 2. The van der Waals surface area contributed by atoms with E-state index in [-0.39, 0.29) is 0 Å². The minimum absolute atomic E-state index is 0.395. The highest BCUT2D eigenvalue weighted by Gasteiger charge is 2.11. The number of rotatable bonds is 4. The molecule has 0 aliphatic heterocycles. The molecule has 3 rings (SSSR count). The Balaban J connectivity index is 1.88. The number of fused-ring (bicyclic) bond motifs is 1. The van der Waals surface area contributed by atoms with Crippen molar-refractivity contribution in [3.05, 3.63) is 53.2 Å². The lowest BCUT2D eigenvalue weighted by Gasteiger charge is -2.13. The number of urea groups is 1. The van der Waals surface area contributed by atoms with Crippen molar-refractivity contribution in [2.45, 2.75) is 6.92 Å². The van der Waals surface area contributed by atoms with Crippen molar-refractivity contribution < 1.29 is 14.3 Å². The van der Waals surface area contributed by atoms with Crippen LogP contribution < -0.4 is 20.1 Å². The van der Waals surface area contributed by atoms with Gasteiger partial charge in [-0.15, -0.1) is 0 Å². The van der Waals surface area contributed by atoms with Crippen LogP contribution in [0.5, 0.6) is 11.5 Å². The molecule has 3 aromatic rings. The third-order valence-corrected chi connectivity index (χ3v) is 4.04. The molecule has 2 aromatic carbocycles. The smallest absolute Gasteiger partial charge is 0.323 e. The molecule has 7 heteroatoms. The molecular weight excluding hydrogens is 354 g/mol. The van der Waals surface area contributed by atoms with Crippen LogP contribution in [0.4, 0.5) is 16.2 Å². The van der Waals surface area contributed by atoms with E-state index in [1.54, 1.807) is 25.3 Å². The number of nitrogens with one attached hydrogen (secondary N) is 2. The third kappa shape index (κ3) is 3.81. The number of pyridine rings is 1. The van der Waals surface area contributed by atoms with Gasteiger partial charge >= 0.3 is 6.03 Å². The van der Waals surface area contributed by atoms with Gasteiger partial charge in [-0.2, -0.15) is 0 Å². The van der Waals surface area contributed by atoms with Crippen molar-refractivity contribution in [3.63, 3.8) is 0 Å². The highest BCUT2D eigenvalue weighted by molar-refractivity contribution is 6.30. The lowest BCUT2D eigenvalue weighted by Crippen LogP contribution is -2.20. The van der Waals surface area contributed by atoms with E-state index in [2.05, 4.69) is 15.6 Å². The summed E-state index contributed by atoms with van der Waals surface area (Å²) in [5.74, 6) is 1.19. The topological polar surface area (TPSA) is 72.5 Å². The molecule has 1 heterocycles. The van der Waals surface area contributed by atoms with Gasteiger partial charge in [0.15, 0.2) is 0 Å². The van der Waals surface area contributed by atoms with Gasteiger partial charge in [0, 0.05) is 28.2 Å². The Hall–Kier alpha value is -2.99. The van der Waals surface area contributed by atoms with Crippen LogP contribution in [-0.2, 0) is 0 Å². The zero-order valence-electron chi connectivity index (χ0n) is 14.6. The van der Waals surface area contributed by atoms with E-state index >= 15 is 0 Å². The minimum atomic E-state index is -0.395. The first-order valence-corrected chi connectivity index (χ1v) is 8.25. The number of nitrogens with zero attached hydrogens (tertiary/aromatic N) is 1. The van der Waals surface area contributed by atoms with Crippen molar-refractivity contribution in [2.75, 3.05) is 24.9 Å². The second-order valence-electron chi connectivity index (χ2n) is 5.62. The van der Waals surface area contributed by atoms with Crippen LogP contribution in [0, 0.1) is 6.92 Å². The zero-order chi connectivity index (χ0) is 18.7. The van der Waals surface area contributed by atoms with Gasteiger partial charge in [-0.1, -0.05) is 11.6 Å². The van der Waals surface area contributed by atoms with Gasteiger partial charge in [-0.3, -0.25) is 4.98 Å². The Kier molecular flexibility index (Phi) is 5.14. The summed E-state index contributed by atoms with van der Waals surface area (Å²) in [7, 11) is 3.12. The maximum atomic E-state index is 12.5. The van der Waals surface area contributed by atoms with Crippen LogP contribution in [0.15, 0.2) is 42.5 Å². The second-order valence-corrected chi connectivity index (χ2v) is 6.05. The van der Waals surface area contributed by atoms with E-state index in [9.17, 15) is 4.79 Å². The van der Waals surface area contributed by atoms with Gasteiger partial charge in [0.25, 0.3) is 0 Å². The van der Waals surface area contributed by atoms with Crippen LogP contribution in [0.25, 0.3) is 10.9 Å². The maximum Gasteiger partial charge on any atom is 0.323 e. The predicted octanol–water partition coefficient (Wildman–Crippen LogP) is 4.86. The largest absolute Gasteiger partial charge is 0.497 e. The van der Waals surface area contributed by atoms with E-state index in [0.29, 0.717) is 27.9 Å². The molecule has 0 aliphatic rings. The average molecular weight is 372 g/mol. The fourth-order valence-electron chi connectivity index (χ4n) is 2.62. The van der Waals surface area contributed by atoms with Gasteiger partial charge in [0.2, 0.25) is 0 Å². The third-order valence-electron chi connectivity index (χ3n) is 3.81. The van der Waals surface area contributed by atoms with Crippen LogP contribution in [-0.4, -0.2) is 25.2 Å². The fraction of sp³-hybridized carbons (Fsp3) is 0.158. The van der Waals surface area contributed by atoms with E-state index in [0.717, 1.165) is 16.6 Å². The summed E-state index contributed by atoms with van der Waals surface area (Å²) in [6, 6.07) is 11.9. The number of hydrogen-bond acceptors (Lipinski definition) is 4. The van der Waals surface area contributed by atoms with E-state index in [4.69, 9.17) is 21.1 Å². The van der Waals surface area contributed by atoms with Gasteiger partial charge < -0.3 is 20.1 Å². The molecule has 0 aliphatic carbocycles. The van der Waals surface area contributed by atoms with E-state index in [1.165, 1.54) is 7.11 Å². The van der Waals surface area contributed by atoms with Crippen LogP contribution >= 0.6 is 11.6 Å². The highest BCUT2D eigenvalue weighted by atomic mass is 35.5. The number of hydrogen-bond donors (Lipinski definition) is 2. The summed E-state index contributed by atoms with van der Waals surface area (Å²) < 4.78 is 10.5. The van der Waals surface area contributed by atoms with Crippen LogP contribution in [0.2, 0.25) is 5.02 Å². The molecule has 0 atom stereocenters. The Labute approximate surface area is 156 Å². The fourth-order valence-corrected chi connectivity index (χ4v) is 2.78. The summed E-state index contributed by atoms with van der Waals surface area (Å²) in [5.41, 5.74) is 2.69. The molecule has 1 aromatic heterocycles. The standard InChI is InChI=1S/C19H18ClN3O3/c1-11-8-16(14-6-5-13(25-2)10-17(14)21-11)23-19(24)22-15-7-4-12(20)9-18(15)26-3/h4-10H,1-3H3,(H2,21,22,23,24). The van der Waals surface area contributed by atoms with Crippen molar-refractivity contribution in [1.29, 1.82) is 0 Å². The molecule has 2 N–H and O–H groups in total. The molecule has 0 fully saturated rings. The Morgan fingerprint density at radius 3 is 2.50 bits per heavy atom. The quantitative estimate of drug-likeness (QED) is 0.687. The molecule has 0 radical (unpaired) electrons. The van der Waals surface area contributed by atoms with Gasteiger partial charge in [-0.25, -0.2) is 4.79 Å². The number of anilines is 2. The number of aromatic nitrogens is 1. The number of carbonyl (C=O) groups excluding carboxylic acids is 1. The molecule has 0 spiro atoms. The van der Waals surface area contributed by atoms with Crippen LogP contribution in [0.3, 0.4) is 0 Å². The lowest BCUT2D eigenvalue weighted by atomic mass is 10.1. The maximum absolute atomic E-state index is 12.5. The molecule has 0 bridgehead atoms. The lowest BCUT2D eigenvalue weighted by molar-refractivity contribution is 0.262. The summed E-state index contributed by atoms with van der Waals surface area (Å²) in [4.78, 5) is 16.9. The number of aryl methyl sites for hydroxylation is 1.